The lowest BCUT2D eigenvalue weighted by atomic mass is 9.96. The van der Waals surface area contributed by atoms with Gasteiger partial charge in [0.25, 0.3) is 0 Å². The van der Waals surface area contributed by atoms with Crippen LogP contribution in [0.5, 0.6) is 5.75 Å². The van der Waals surface area contributed by atoms with Crippen LogP contribution in [0.1, 0.15) is 31.0 Å². The minimum Gasteiger partial charge on any atom is -0.497 e. The Morgan fingerprint density at radius 3 is 2.57 bits per heavy atom. The Morgan fingerprint density at radius 1 is 1.14 bits per heavy atom. The number of rotatable bonds is 7. The summed E-state index contributed by atoms with van der Waals surface area (Å²) in [7, 11) is 1.59. The third kappa shape index (κ3) is 4.60. The number of aliphatic carboxylic acids is 1. The number of nitrogens with one attached hydrogen (secondary N) is 3. The smallest absolute Gasteiger partial charge is 0.342 e. The van der Waals surface area contributed by atoms with Gasteiger partial charge in [0.1, 0.15) is 23.2 Å². The SMILES string of the molecule is COc1ccc(C2NN3C(=O)N(C(=O)Nc4cccc(CC(=O)N[C@@H]5C(=O)N6[C@@H]5SC(C)(C)[C@@H]6C(=O)O)c4)CC23)cc1. The molecule has 4 fully saturated rings. The van der Waals surface area contributed by atoms with E-state index in [1.54, 1.807) is 45.2 Å². The molecular formula is C28H30N6O7S. The van der Waals surface area contributed by atoms with Crippen molar-refractivity contribution in [3.63, 3.8) is 0 Å². The number of carbonyl (C=O) groups is 5. The van der Waals surface area contributed by atoms with Crippen LogP contribution >= 0.6 is 11.8 Å². The molecule has 13 nitrogen and oxygen atoms in total. The fourth-order valence-electron chi connectivity index (χ4n) is 5.96. The third-order valence-corrected chi connectivity index (χ3v) is 9.63. The molecule has 4 aliphatic heterocycles. The summed E-state index contributed by atoms with van der Waals surface area (Å²) in [4.78, 5) is 65.5. The quantitative estimate of drug-likeness (QED) is 0.350. The van der Waals surface area contributed by atoms with Gasteiger partial charge in [-0.3, -0.25) is 14.6 Å². The first-order valence-corrected chi connectivity index (χ1v) is 14.3. The summed E-state index contributed by atoms with van der Waals surface area (Å²) in [6, 6.07) is 11.1. The fourth-order valence-corrected chi connectivity index (χ4v) is 7.59. The number of fused-ring (bicyclic) bond motifs is 2. The highest BCUT2D eigenvalue weighted by Crippen LogP contribution is 2.50. The van der Waals surface area contributed by atoms with Gasteiger partial charge in [-0.2, -0.15) is 0 Å². The summed E-state index contributed by atoms with van der Waals surface area (Å²) >= 11 is 1.36. The van der Waals surface area contributed by atoms with E-state index in [9.17, 15) is 29.1 Å². The van der Waals surface area contributed by atoms with E-state index in [0.29, 0.717) is 11.3 Å². The predicted octanol–water partition coefficient (Wildman–Crippen LogP) is 1.77. The molecule has 220 valence electrons. The highest BCUT2D eigenvalue weighted by Gasteiger charge is 2.64. The molecule has 0 aliphatic carbocycles. The number of hydrazine groups is 1. The zero-order valence-corrected chi connectivity index (χ0v) is 23.9. The molecule has 0 spiro atoms. The van der Waals surface area contributed by atoms with E-state index in [4.69, 9.17) is 4.74 Å². The fraction of sp³-hybridized carbons (Fsp3) is 0.393. The number of β-lactam (4-membered cyclic amide) rings is 1. The second kappa shape index (κ2) is 10.2. The monoisotopic (exact) mass is 594 g/mol. The predicted molar refractivity (Wildman–Crippen MR) is 151 cm³/mol. The van der Waals surface area contributed by atoms with Gasteiger partial charge in [0.05, 0.1) is 32.2 Å². The Labute approximate surface area is 245 Å². The van der Waals surface area contributed by atoms with Crippen molar-refractivity contribution in [3.05, 3.63) is 59.7 Å². The van der Waals surface area contributed by atoms with Crippen LogP contribution in [0.4, 0.5) is 15.3 Å². The van der Waals surface area contributed by atoms with Crippen LogP contribution in [0, 0.1) is 0 Å². The molecule has 0 aromatic heterocycles. The number of hydrogen-bond acceptors (Lipinski definition) is 8. The maximum Gasteiger partial charge on any atom is 0.342 e. The van der Waals surface area contributed by atoms with Crippen LogP contribution in [0.3, 0.4) is 0 Å². The van der Waals surface area contributed by atoms with Crippen molar-refractivity contribution in [2.45, 2.75) is 54.6 Å². The number of carboxylic acid groups (broad SMARTS) is 1. The summed E-state index contributed by atoms with van der Waals surface area (Å²) in [5, 5.41) is 16.0. The number of ether oxygens (including phenoxy) is 1. The Kier molecular flexibility index (Phi) is 6.77. The maximum atomic E-state index is 13.0. The molecule has 42 heavy (non-hydrogen) atoms. The van der Waals surface area contributed by atoms with Crippen molar-refractivity contribution in [2.24, 2.45) is 0 Å². The topological polar surface area (TPSA) is 161 Å². The largest absolute Gasteiger partial charge is 0.497 e. The van der Waals surface area contributed by atoms with Crippen molar-refractivity contribution in [3.8, 4) is 5.75 Å². The van der Waals surface area contributed by atoms with Gasteiger partial charge in [0.2, 0.25) is 11.8 Å². The van der Waals surface area contributed by atoms with E-state index in [2.05, 4.69) is 16.1 Å². The highest BCUT2D eigenvalue weighted by atomic mass is 32.2. The minimum atomic E-state index is -1.07. The molecule has 4 heterocycles. The van der Waals surface area contributed by atoms with Gasteiger partial charge in [0, 0.05) is 10.4 Å². The van der Waals surface area contributed by atoms with Gasteiger partial charge in [-0.15, -0.1) is 11.8 Å². The van der Waals surface area contributed by atoms with Crippen LogP contribution < -0.4 is 20.8 Å². The Morgan fingerprint density at radius 2 is 1.88 bits per heavy atom. The summed E-state index contributed by atoms with van der Waals surface area (Å²) in [5.74, 6) is -1.15. The first-order valence-electron chi connectivity index (χ1n) is 13.4. The number of urea groups is 2. The van der Waals surface area contributed by atoms with E-state index in [1.807, 2.05) is 24.3 Å². The number of amides is 6. The van der Waals surface area contributed by atoms with E-state index in [0.717, 1.165) is 16.2 Å². The Balaban J connectivity index is 1.04. The number of benzene rings is 2. The van der Waals surface area contributed by atoms with Gasteiger partial charge >= 0.3 is 18.0 Å². The van der Waals surface area contributed by atoms with Crippen LogP contribution in [0.15, 0.2) is 48.5 Å². The van der Waals surface area contributed by atoms with Crippen LogP contribution in [-0.2, 0) is 20.8 Å². The molecule has 0 saturated carbocycles. The lowest BCUT2D eigenvalue weighted by Crippen LogP contribution is -2.70. The second-order valence-electron chi connectivity index (χ2n) is 11.2. The maximum absolute atomic E-state index is 13.0. The number of hydrogen-bond donors (Lipinski definition) is 4. The number of carbonyl (C=O) groups excluding carboxylic acids is 4. The molecule has 14 heteroatoms. The van der Waals surface area contributed by atoms with Crippen LogP contribution in [-0.4, -0.2) is 91.7 Å². The number of imide groups is 1. The number of carboxylic acids is 1. The summed E-state index contributed by atoms with van der Waals surface area (Å²) in [6.07, 6.45) is -0.0530. The van der Waals surface area contributed by atoms with Gasteiger partial charge in [-0.1, -0.05) is 24.3 Å². The molecular weight excluding hydrogens is 564 g/mol. The minimum absolute atomic E-state index is 0.0530. The Hall–Kier alpha value is -4.30. The molecule has 2 aromatic carbocycles. The van der Waals surface area contributed by atoms with Crippen molar-refractivity contribution in [1.82, 2.24) is 25.6 Å². The Bertz CT molecular complexity index is 1480. The molecule has 5 atom stereocenters. The molecule has 2 aromatic rings. The number of anilines is 1. The molecule has 0 bridgehead atoms. The van der Waals surface area contributed by atoms with Gasteiger partial charge < -0.3 is 25.4 Å². The molecule has 0 radical (unpaired) electrons. The highest BCUT2D eigenvalue weighted by molar-refractivity contribution is 8.01. The molecule has 4 N–H and O–H groups in total. The zero-order valence-electron chi connectivity index (χ0n) is 23.1. The lowest BCUT2D eigenvalue weighted by molar-refractivity contribution is -0.161. The molecule has 2 unspecified atom stereocenters. The first-order chi connectivity index (χ1) is 20.0. The number of thioether (sulfide) groups is 1. The number of nitrogens with zero attached hydrogens (tertiary/aromatic N) is 3. The standard InChI is InChI=1S/C28H30N6O7S/c1-28(2)22(25(37)38)33-23(36)21(24(33)42-28)30-19(35)12-14-5-4-6-16(11-14)29-26(39)32-13-18-20(31-34(18)27(32)40)15-7-9-17(41-3)10-8-15/h4-11,18,20-22,24,31H,12-13H2,1-3H3,(H,29,39)(H,30,35)(H,37,38)/t18?,20?,21-,22+,24-/m1/s1. The van der Waals surface area contributed by atoms with Crippen molar-refractivity contribution in [1.29, 1.82) is 0 Å². The van der Waals surface area contributed by atoms with Crippen molar-refractivity contribution < 1.29 is 33.8 Å². The average Bonchev–Trinajstić information content (AvgIpc) is 3.34. The van der Waals surface area contributed by atoms with Crippen LogP contribution in [0.2, 0.25) is 0 Å². The average molecular weight is 595 g/mol. The first kappa shape index (κ1) is 27.8. The van der Waals surface area contributed by atoms with E-state index in [-0.39, 0.29) is 25.0 Å². The van der Waals surface area contributed by atoms with Gasteiger partial charge in [0.15, 0.2) is 0 Å². The third-order valence-electron chi connectivity index (χ3n) is 8.06. The van der Waals surface area contributed by atoms with E-state index in [1.165, 1.54) is 21.7 Å². The molecule has 6 rings (SSSR count). The van der Waals surface area contributed by atoms with Crippen molar-refractivity contribution >= 4 is 47.3 Å². The molecule has 4 saturated heterocycles. The molecule has 6 amide bonds. The van der Waals surface area contributed by atoms with Gasteiger partial charge in [-0.25, -0.2) is 24.7 Å². The molecule has 4 aliphatic rings. The summed E-state index contributed by atoms with van der Waals surface area (Å²) in [6.45, 7) is 3.75. The summed E-state index contributed by atoms with van der Waals surface area (Å²) < 4.78 is 4.52. The second-order valence-corrected chi connectivity index (χ2v) is 12.9. The van der Waals surface area contributed by atoms with Crippen molar-refractivity contribution in [2.75, 3.05) is 19.0 Å². The van der Waals surface area contributed by atoms with E-state index < -0.39 is 52.1 Å². The van der Waals surface area contributed by atoms with Gasteiger partial charge in [-0.05, 0) is 49.2 Å². The summed E-state index contributed by atoms with van der Waals surface area (Å²) in [5.41, 5.74) is 5.08. The van der Waals surface area contributed by atoms with Crippen LogP contribution in [0.25, 0.3) is 0 Å². The van der Waals surface area contributed by atoms with E-state index >= 15 is 0 Å². The zero-order chi connectivity index (χ0) is 29.9. The normalized spacial score (nSPS) is 27.0. The number of methoxy groups -OCH3 is 1. The lowest BCUT2D eigenvalue weighted by Gasteiger charge is -2.43.